The Labute approximate surface area is 154 Å². The van der Waals surface area contributed by atoms with E-state index in [-0.39, 0.29) is 11.8 Å². The van der Waals surface area contributed by atoms with Crippen LogP contribution >= 0.6 is 0 Å². The fourth-order valence-electron chi connectivity index (χ4n) is 2.87. The van der Waals surface area contributed by atoms with Crippen molar-refractivity contribution in [3.8, 4) is 11.5 Å². The lowest BCUT2D eigenvalue weighted by Crippen LogP contribution is -2.41. The van der Waals surface area contributed by atoms with Crippen molar-refractivity contribution in [3.05, 3.63) is 23.8 Å². The topological polar surface area (TPSA) is 77.1 Å². The zero-order chi connectivity index (χ0) is 19.3. The van der Waals surface area contributed by atoms with Crippen LogP contribution in [0, 0.1) is 0 Å². The van der Waals surface area contributed by atoms with Gasteiger partial charge in [-0.25, -0.2) is 4.79 Å². The molecular weight excluding hydrogens is 336 g/mol. The number of likely N-dealkylation sites (tertiary alicyclic amines) is 1. The van der Waals surface area contributed by atoms with Crippen LogP contribution in [0.1, 0.15) is 37.6 Å². The third-order valence-corrected chi connectivity index (χ3v) is 4.07. The molecule has 1 saturated heterocycles. The Hall–Kier alpha value is -2.28. The maximum Gasteiger partial charge on any atom is 0.407 e. The molecule has 1 aliphatic heterocycles. The molecule has 26 heavy (non-hydrogen) atoms. The lowest BCUT2D eigenvalue weighted by molar-refractivity contribution is 0.0506. The largest absolute Gasteiger partial charge is 0.493 e. The SMILES string of the molecule is COc1ccc(C(=O)CN2CCC(NC(=O)OC(C)(C)C)C2)cc1OC. The molecule has 0 spiro atoms. The van der Waals surface area contributed by atoms with E-state index in [9.17, 15) is 9.59 Å². The number of alkyl carbamates (subject to hydrolysis) is 1. The summed E-state index contributed by atoms with van der Waals surface area (Å²) in [6.07, 6.45) is 0.369. The van der Waals surface area contributed by atoms with Gasteiger partial charge in [0.2, 0.25) is 0 Å². The number of ether oxygens (including phenoxy) is 3. The van der Waals surface area contributed by atoms with Crippen molar-refractivity contribution in [2.75, 3.05) is 33.9 Å². The van der Waals surface area contributed by atoms with Crippen LogP contribution in [0.25, 0.3) is 0 Å². The Kier molecular flexibility index (Phi) is 6.47. The predicted molar refractivity (Wildman–Crippen MR) is 98.1 cm³/mol. The summed E-state index contributed by atoms with van der Waals surface area (Å²) in [6.45, 7) is 7.15. The van der Waals surface area contributed by atoms with E-state index in [1.165, 1.54) is 0 Å². The standard InChI is InChI=1S/C19H28N2O5/c1-19(2,3)26-18(23)20-14-8-9-21(11-14)12-15(22)13-6-7-16(24-4)17(10-13)25-5/h6-7,10,14H,8-9,11-12H2,1-5H3,(H,20,23). The van der Waals surface area contributed by atoms with Crippen molar-refractivity contribution >= 4 is 11.9 Å². The Morgan fingerprint density at radius 3 is 2.50 bits per heavy atom. The highest BCUT2D eigenvalue weighted by Crippen LogP contribution is 2.27. The third kappa shape index (κ3) is 5.62. The summed E-state index contributed by atoms with van der Waals surface area (Å²) in [6, 6.07) is 5.13. The molecule has 1 amide bonds. The number of Topliss-reactive ketones (excluding diaryl/α,β-unsaturated/α-hetero) is 1. The molecule has 1 aromatic carbocycles. The van der Waals surface area contributed by atoms with Crippen LogP contribution in [0.15, 0.2) is 18.2 Å². The van der Waals surface area contributed by atoms with Gasteiger partial charge in [0.1, 0.15) is 5.60 Å². The maximum atomic E-state index is 12.5. The first-order valence-electron chi connectivity index (χ1n) is 8.69. The number of hydrogen-bond acceptors (Lipinski definition) is 6. The van der Waals surface area contributed by atoms with Crippen LogP contribution in [0.5, 0.6) is 11.5 Å². The van der Waals surface area contributed by atoms with E-state index in [4.69, 9.17) is 14.2 Å². The number of nitrogens with zero attached hydrogens (tertiary/aromatic N) is 1. The molecule has 7 heteroatoms. The zero-order valence-corrected chi connectivity index (χ0v) is 16.1. The number of rotatable bonds is 6. The monoisotopic (exact) mass is 364 g/mol. The number of ketones is 1. The van der Waals surface area contributed by atoms with Crippen LogP contribution < -0.4 is 14.8 Å². The fourth-order valence-corrected chi connectivity index (χ4v) is 2.87. The van der Waals surface area contributed by atoms with Gasteiger partial charge >= 0.3 is 6.09 Å². The van der Waals surface area contributed by atoms with Gasteiger partial charge in [-0.1, -0.05) is 0 Å². The first kappa shape index (κ1) is 20.0. The molecule has 0 saturated carbocycles. The van der Waals surface area contributed by atoms with Crippen molar-refractivity contribution in [1.82, 2.24) is 10.2 Å². The van der Waals surface area contributed by atoms with E-state index in [1.807, 2.05) is 25.7 Å². The van der Waals surface area contributed by atoms with E-state index < -0.39 is 11.7 Å². The van der Waals surface area contributed by atoms with Crippen molar-refractivity contribution in [3.63, 3.8) is 0 Å². The Balaban J connectivity index is 1.88. The number of amides is 1. The third-order valence-electron chi connectivity index (χ3n) is 4.07. The average molecular weight is 364 g/mol. The normalized spacial score (nSPS) is 17.7. The van der Waals surface area contributed by atoms with Crippen molar-refractivity contribution in [2.45, 2.75) is 38.8 Å². The molecule has 1 N–H and O–H groups in total. The minimum atomic E-state index is -0.522. The molecule has 2 rings (SSSR count). The Morgan fingerprint density at radius 1 is 1.19 bits per heavy atom. The summed E-state index contributed by atoms with van der Waals surface area (Å²) in [5.74, 6) is 1.12. The number of hydrogen-bond donors (Lipinski definition) is 1. The van der Waals surface area contributed by atoms with E-state index in [0.29, 0.717) is 30.2 Å². The summed E-state index contributed by atoms with van der Waals surface area (Å²) < 4.78 is 15.7. The van der Waals surface area contributed by atoms with E-state index in [0.717, 1.165) is 13.0 Å². The summed E-state index contributed by atoms with van der Waals surface area (Å²) in [4.78, 5) is 26.4. The second kappa shape index (κ2) is 8.40. The van der Waals surface area contributed by atoms with E-state index in [1.54, 1.807) is 32.4 Å². The van der Waals surface area contributed by atoms with Gasteiger partial charge in [0, 0.05) is 24.7 Å². The number of benzene rings is 1. The molecule has 144 valence electrons. The lowest BCUT2D eigenvalue weighted by atomic mass is 10.1. The Morgan fingerprint density at radius 2 is 1.88 bits per heavy atom. The quantitative estimate of drug-likeness (QED) is 0.782. The summed E-state index contributed by atoms with van der Waals surface area (Å²) in [5.41, 5.74) is 0.0531. The zero-order valence-electron chi connectivity index (χ0n) is 16.1. The number of methoxy groups -OCH3 is 2. The smallest absolute Gasteiger partial charge is 0.407 e. The minimum absolute atomic E-state index is 0.00358. The molecule has 1 aromatic rings. The van der Waals surface area contributed by atoms with Gasteiger partial charge in [0.15, 0.2) is 17.3 Å². The predicted octanol–water partition coefficient (Wildman–Crippen LogP) is 2.49. The molecule has 1 aliphatic rings. The second-order valence-corrected chi connectivity index (χ2v) is 7.36. The van der Waals surface area contributed by atoms with E-state index >= 15 is 0 Å². The van der Waals surface area contributed by atoms with Gasteiger partial charge in [-0.2, -0.15) is 0 Å². The summed E-state index contributed by atoms with van der Waals surface area (Å²) in [7, 11) is 3.10. The van der Waals surface area contributed by atoms with Crippen molar-refractivity contribution in [2.24, 2.45) is 0 Å². The highest BCUT2D eigenvalue weighted by Gasteiger charge is 2.27. The van der Waals surface area contributed by atoms with Gasteiger partial charge in [0.25, 0.3) is 0 Å². The van der Waals surface area contributed by atoms with Gasteiger partial charge in [-0.15, -0.1) is 0 Å². The van der Waals surface area contributed by atoms with Crippen molar-refractivity contribution in [1.29, 1.82) is 0 Å². The molecular formula is C19H28N2O5. The molecule has 0 aliphatic carbocycles. The van der Waals surface area contributed by atoms with Crippen molar-refractivity contribution < 1.29 is 23.8 Å². The van der Waals surface area contributed by atoms with Gasteiger partial charge in [-0.3, -0.25) is 9.69 Å². The molecule has 1 fully saturated rings. The summed E-state index contributed by atoms with van der Waals surface area (Å²) >= 11 is 0. The first-order valence-corrected chi connectivity index (χ1v) is 8.69. The fraction of sp³-hybridized carbons (Fsp3) is 0.579. The first-order chi connectivity index (χ1) is 12.2. The number of carbonyl (C=O) groups is 2. The molecule has 1 heterocycles. The van der Waals surface area contributed by atoms with Crippen LogP contribution in [0.2, 0.25) is 0 Å². The van der Waals surface area contributed by atoms with Gasteiger partial charge < -0.3 is 19.5 Å². The van der Waals surface area contributed by atoms with Crippen LogP contribution in [0.3, 0.4) is 0 Å². The molecule has 1 unspecified atom stereocenters. The second-order valence-electron chi connectivity index (χ2n) is 7.36. The highest BCUT2D eigenvalue weighted by molar-refractivity contribution is 5.98. The molecule has 0 bridgehead atoms. The highest BCUT2D eigenvalue weighted by atomic mass is 16.6. The van der Waals surface area contributed by atoms with Crippen LogP contribution in [0.4, 0.5) is 4.79 Å². The van der Waals surface area contributed by atoms with Gasteiger partial charge in [-0.05, 0) is 45.4 Å². The molecule has 7 nitrogen and oxygen atoms in total. The van der Waals surface area contributed by atoms with E-state index in [2.05, 4.69) is 5.32 Å². The summed E-state index contributed by atoms with van der Waals surface area (Å²) in [5, 5.41) is 2.86. The molecule has 0 radical (unpaired) electrons. The Bertz CT molecular complexity index is 654. The van der Waals surface area contributed by atoms with Gasteiger partial charge in [0.05, 0.1) is 20.8 Å². The minimum Gasteiger partial charge on any atom is -0.493 e. The number of nitrogens with one attached hydrogen (secondary N) is 1. The van der Waals surface area contributed by atoms with Crippen LogP contribution in [-0.2, 0) is 4.74 Å². The molecule has 1 atom stereocenters. The average Bonchev–Trinajstić information content (AvgIpc) is 2.98. The van der Waals surface area contributed by atoms with Crippen LogP contribution in [-0.4, -0.2) is 62.3 Å². The molecule has 0 aromatic heterocycles. The lowest BCUT2D eigenvalue weighted by Gasteiger charge is -2.22. The maximum absolute atomic E-state index is 12.5. The number of carbonyl (C=O) groups excluding carboxylic acids is 2.